The van der Waals surface area contributed by atoms with Crippen molar-refractivity contribution in [1.82, 2.24) is 10.3 Å². The molecular weight excluding hydrogens is 245 g/mol. The van der Waals surface area contributed by atoms with Crippen molar-refractivity contribution < 1.29 is 9.18 Å². The molecule has 0 saturated heterocycles. The van der Waals surface area contributed by atoms with Gasteiger partial charge < -0.3 is 16.0 Å². The highest BCUT2D eigenvalue weighted by molar-refractivity contribution is 5.93. The van der Waals surface area contributed by atoms with Crippen LogP contribution in [0.15, 0.2) is 36.5 Å². The summed E-state index contributed by atoms with van der Waals surface area (Å²) in [6, 6.07) is 7.78. The number of halogens is 1. The van der Waals surface area contributed by atoms with Gasteiger partial charge in [0.2, 0.25) is 0 Å². The molecule has 2 aromatic rings. The maximum atomic E-state index is 12.8. The molecule has 4 nitrogen and oxygen atoms in total. The molecule has 1 aromatic carbocycles. The summed E-state index contributed by atoms with van der Waals surface area (Å²) >= 11 is 0. The van der Waals surface area contributed by atoms with Crippen molar-refractivity contribution in [1.29, 1.82) is 0 Å². The number of hydrogen-bond acceptors (Lipinski definition) is 2. The third-order valence-electron chi connectivity index (χ3n) is 2.78. The first-order chi connectivity index (χ1) is 9.04. The standard InChI is InChI=1S/C14H16FN3O/c1-9(6-10-2-4-11(15)5-3-10)18-14(19)13-7-12(16)8-17-13/h2-5,7-9,17H,6,16H2,1H3,(H,18,19). The Hall–Kier alpha value is -2.30. The van der Waals surface area contributed by atoms with Crippen molar-refractivity contribution in [3.05, 3.63) is 53.6 Å². The Kier molecular flexibility index (Phi) is 3.85. The second kappa shape index (κ2) is 5.56. The Balaban J connectivity index is 1.92. The number of anilines is 1. The molecule has 0 aliphatic heterocycles. The van der Waals surface area contributed by atoms with Crippen molar-refractivity contribution in [2.24, 2.45) is 0 Å². The first-order valence-corrected chi connectivity index (χ1v) is 6.04. The van der Waals surface area contributed by atoms with Gasteiger partial charge in [0.1, 0.15) is 11.5 Å². The van der Waals surface area contributed by atoms with Crippen molar-refractivity contribution in [2.75, 3.05) is 5.73 Å². The van der Waals surface area contributed by atoms with Crippen LogP contribution in [0.2, 0.25) is 0 Å². The number of benzene rings is 1. The highest BCUT2D eigenvalue weighted by Gasteiger charge is 2.11. The molecule has 1 unspecified atom stereocenters. The number of hydrogen-bond donors (Lipinski definition) is 3. The number of carbonyl (C=O) groups excluding carboxylic acids is 1. The Morgan fingerprint density at radius 1 is 1.42 bits per heavy atom. The van der Waals surface area contributed by atoms with E-state index in [4.69, 9.17) is 5.73 Å². The number of H-pyrrole nitrogens is 1. The SMILES string of the molecule is CC(Cc1ccc(F)cc1)NC(=O)c1cc(N)c[nH]1. The summed E-state index contributed by atoms with van der Waals surface area (Å²) in [7, 11) is 0. The van der Waals surface area contributed by atoms with E-state index in [1.807, 2.05) is 6.92 Å². The van der Waals surface area contributed by atoms with Crippen LogP contribution in [-0.2, 0) is 6.42 Å². The summed E-state index contributed by atoms with van der Waals surface area (Å²) in [6.45, 7) is 1.90. The van der Waals surface area contributed by atoms with Gasteiger partial charge in [-0.15, -0.1) is 0 Å². The van der Waals surface area contributed by atoms with Crippen LogP contribution in [0.3, 0.4) is 0 Å². The zero-order valence-corrected chi connectivity index (χ0v) is 10.6. The molecule has 0 aliphatic carbocycles. The Bertz CT molecular complexity index is 562. The average molecular weight is 261 g/mol. The monoisotopic (exact) mass is 261 g/mol. The summed E-state index contributed by atoms with van der Waals surface area (Å²) in [5, 5.41) is 2.85. The summed E-state index contributed by atoms with van der Waals surface area (Å²) in [5.41, 5.74) is 7.47. The van der Waals surface area contributed by atoms with Crippen LogP contribution in [0.5, 0.6) is 0 Å². The maximum absolute atomic E-state index is 12.8. The van der Waals surface area contributed by atoms with Gasteiger partial charge >= 0.3 is 0 Å². The molecule has 1 atom stereocenters. The van der Waals surface area contributed by atoms with E-state index in [9.17, 15) is 9.18 Å². The van der Waals surface area contributed by atoms with E-state index in [0.717, 1.165) is 5.56 Å². The van der Waals surface area contributed by atoms with Crippen LogP contribution in [-0.4, -0.2) is 16.9 Å². The van der Waals surface area contributed by atoms with Gasteiger partial charge in [0.05, 0.1) is 0 Å². The number of aromatic nitrogens is 1. The lowest BCUT2D eigenvalue weighted by Gasteiger charge is -2.13. The Morgan fingerprint density at radius 2 is 2.11 bits per heavy atom. The number of amides is 1. The molecule has 1 heterocycles. The van der Waals surface area contributed by atoms with Gasteiger partial charge in [0.15, 0.2) is 0 Å². The summed E-state index contributed by atoms with van der Waals surface area (Å²) < 4.78 is 12.8. The van der Waals surface area contributed by atoms with E-state index >= 15 is 0 Å². The van der Waals surface area contributed by atoms with Gasteiger partial charge in [0.25, 0.3) is 5.91 Å². The molecule has 2 rings (SSSR count). The molecule has 5 heteroatoms. The number of nitrogens with one attached hydrogen (secondary N) is 2. The average Bonchev–Trinajstić information content (AvgIpc) is 2.79. The number of aromatic amines is 1. The molecule has 0 radical (unpaired) electrons. The fourth-order valence-electron chi connectivity index (χ4n) is 1.87. The predicted molar refractivity (Wildman–Crippen MR) is 72.2 cm³/mol. The van der Waals surface area contributed by atoms with E-state index in [0.29, 0.717) is 17.8 Å². The van der Waals surface area contributed by atoms with Crippen molar-refractivity contribution >= 4 is 11.6 Å². The maximum Gasteiger partial charge on any atom is 0.267 e. The molecule has 1 aromatic heterocycles. The molecule has 0 fully saturated rings. The molecule has 19 heavy (non-hydrogen) atoms. The van der Waals surface area contributed by atoms with E-state index in [2.05, 4.69) is 10.3 Å². The van der Waals surface area contributed by atoms with E-state index in [-0.39, 0.29) is 17.8 Å². The zero-order chi connectivity index (χ0) is 13.8. The first kappa shape index (κ1) is 13.1. The Labute approximate surface area is 110 Å². The predicted octanol–water partition coefficient (Wildman–Crippen LogP) is 2.10. The second-order valence-electron chi connectivity index (χ2n) is 4.55. The smallest absolute Gasteiger partial charge is 0.267 e. The molecule has 4 N–H and O–H groups in total. The lowest BCUT2D eigenvalue weighted by atomic mass is 10.1. The minimum Gasteiger partial charge on any atom is -0.397 e. The van der Waals surface area contributed by atoms with Crippen LogP contribution in [0.4, 0.5) is 10.1 Å². The minimum absolute atomic E-state index is 0.0533. The molecule has 100 valence electrons. The topological polar surface area (TPSA) is 70.9 Å². The van der Waals surface area contributed by atoms with Gasteiger partial charge in [-0.25, -0.2) is 4.39 Å². The molecule has 0 bridgehead atoms. The van der Waals surface area contributed by atoms with Gasteiger partial charge in [-0.2, -0.15) is 0 Å². The fourth-order valence-corrected chi connectivity index (χ4v) is 1.87. The third-order valence-corrected chi connectivity index (χ3v) is 2.78. The molecule has 0 spiro atoms. The van der Waals surface area contributed by atoms with E-state index < -0.39 is 0 Å². The summed E-state index contributed by atoms with van der Waals surface area (Å²) in [6.07, 6.45) is 2.21. The van der Waals surface area contributed by atoms with Crippen LogP contribution in [0, 0.1) is 5.82 Å². The third kappa shape index (κ3) is 3.58. The normalized spacial score (nSPS) is 12.1. The van der Waals surface area contributed by atoms with Crippen molar-refractivity contribution in [2.45, 2.75) is 19.4 Å². The van der Waals surface area contributed by atoms with Crippen molar-refractivity contribution in [3.63, 3.8) is 0 Å². The highest BCUT2D eigenvalue weighted by atomic mass is 19.1. The summed E-state index contributed by atoms with van der Waals surface area (Å²) in [4.78, 5) is 14.7. The van der Waals surface area contributed by atoms with Crippen LogP contribution in [0.1, 0.15) is 23.0 Å². The Morgan fingerprint density at radius 3 is 2.68 bits per heavy atom. The summed E-state index contributed by atoms with van der Waals surface area (Å²) in [5.74, 6) is -0.464. The molecule has 0 aliphatic rings. The number of carbonyl (C=O) groups is 1. The van der Waals surface area contributed by atoms with Gasteiger partial charge in [-0.1, -0.05) is 12.1 Å². The second-order valence-corrected chi connectivity index (χ2v) is 4.55. The number of nitrogens with two attached hydrogens (primary N) is 1. The lowest BCUT2D eigenvalue weighted by molar-refractivity contribution is 0.0935. The van der Waals surface area contributed by atoms with Crippen molar-refractivity contribution in [3.8, 4) is 0 Å². The van der Waals surface area contributed by atoms with E-state index in [1.54, 1.807) is 24.4 Å². The molecule has 1 amide bonds. The first-order valence-electron chi connectivity index (χ1n) is 6.04. The van der Waals surface area contributed by atoms with E-state index in [1.165, 1.54) is 12.1 Å². The van der Waals surface area contributed by atoms with Gasteiger partial charge in [-0.3, -0.25) is 4.79 Å². The fraction of sp³-hybridized carbons (Fsp3) is 0.214. The quantitative estimate of drug-likeness (QED) is 0.788. The molecule has 0 saturated carbocycles. The number of rotatable bonds is 4. The zero-order valence-electron chi connectivity index (χ0n) is 10.6. The molecular formula is C14H16FN3O. The minimum atomic E-state index is -0.262. The largest absolute Gasteiger partial charge is 0.397 e. The van der Waals surface area contributed by atoms with Gasteiger partial charge in [0, 0.05) is 17.9 Å². The van der Waals surface area contributed by atoms with Gasteiger partial charge in [-0.05, 0) is 37.1 Å². The number of nitrogen functional groups attached to an aromatic ring is 1. The van der Waals surface area contributed by atoms with Crippen LogP contribution >= 0.6 is 0 Å². The van der Waals surface area contributed by atoms with Crippen LogP contribution in [0.25, 0.3) is 0 Å². The van der Waals surface area contributed by atoms with Crippen LogP contribution < -0.4 is 11.1 Å². The highest BCUT2D eigenvalue weighted by Crippen LogP contribution is 2.08. The lowest BCUT2D eigenvalue weighted by Crippen LogP contribution is -2.34.